The highest BCUT2D eigenvalue weighted by Gasteiger charge is 2.47. The van der Waals surface area contributed by atoms with Gasteiger partial charge in [0.25, 0.3) is 0 Å². The lowest BCUT2D eigenvalue weighted by Crippen LogP contribution is -2.33. The molecule has 1 aromatic heterocycles. The average molecular weight is 258 g/mol. The molecule has 3 aliphatic rings. The summed E-state index contributed by atoms with van der Waals surface area (Å²) in [5.41, 5.74) is 0.843. The Morgan fingerprint density at radius 3 is 2.63 bits per heavy atom. The molecule has 0 aromatic carbocycles. The molecule has 3 fully saturated rings. The minimum atomic E-state index is 0.193. The van der Waals surface area contributed by atoms with Crippen molar-refractivity contribution in [1.29, 1.82) is 0 Å². The minimum absolute atomic E-state index is 0.193. The third-order valence-electron chi connectivity index (χ3n) is 4.59. The van der Waals surface area contributed by atoms with Gasteiger partial charge in [-0.25, -0.2) is 9.97 Å². The number of amides is 1. The zero-order valence-electron chi connectivity index (χ0n) is 10.9. The number of nitrogens with zero attached hydrogens (tertiary/aromatic N) is 4. The van der Waals surface area contributed by atoms with Gasteiger partial charge in [-0.1, -0.05) is 0 Å². The van der Waals surface area contributed by atoms with Gasteiger partial charge in [-0.05, 0) is 18.8 Å². The Balaban J connectivity index is 1.46. The van der Waals surface area contributed by atoms with Crippen molar-refractivity contribution in [2.75, 3.05) is 31.1 Å². The van der Waals surface area contributed by atoms with Crippen molar-refractivity contribution in [1.82, 2.24) is 14.9 Å². The van der Waals surface area contributed by atoms with Crippen molar-refractivity contribution < 1.29 is 4.79 Å². The number of carbonyl (C=O) groups excluding carboxylic acids is 1. The molecule has 4 rings (SSSR count). The molecule has 1 amide bonds. The van der Waals surface area contributed by atoms with Crippen molar-refractivity contribution >= 4 is 11.6 Å². The van der Waals surface area contributed by atoms with Crippen molar-refractivity contribution in [2.45, 2.75) is 12.8 Å². The fourth-order valence-corrected chi connectivity index (χ4v) is 3.43. The molecule has 5 nitrogen and oxygen atoms in total. The van der Waals surface area contributed by atoms with E-state index in [0.717, 1.165) is 31.2 Å². The van der Waals surface area contributed by atoms with E-state index in [1.165, 1.54) is 25.7 Å². The number of rotatable bonds is 3. The lowest BCUT2D eigenvalue weighted by Gasteiger charge is -2.21. The maximum absolute atomic E-state index is 12.5. The number of anilines is 1. The number of likely N-dealkylation sites (tertiary alicyclic amines) is 1. The normalized spacial score (nSPS) is 30.9. The van der Waals surface area contributed by atoms with Crippen molar-refractivity contribution in [3.63, 3.8) is 0 Å². The van der Waals surface area contributed by atoms with Crippen LogP contribution in [0.3, 0.4) is 0 Å². The van der Waals surface area contributed by atoms with Gasteiger partial charge in [-0.3, -0.25) is 4.79 Å². The molecule has 0 unspecified atom stereocenters. The van der Waals surface area contributed by atoms with E-state index >= 15 is 0 Å². The second-order valence-corrected chi connectivity index (χ2v) is 6.07. The Hall–Kier alpha value is -1.49. The van der Waals surface area contributed by atoms with Crippen LogP contribution >= 0.6 is 0 Å². The van der Waals surface area contributed by atoms with Crippen LogP contribution in [0.5, 0.6) is 0 Å². The van der Waals surface area contributed by atoms with Gasteiger partial charge in [0, 0.05) is 32.1 Å². The first-order valence-corrected chi connectivity index (χ1v) is 7.10. The maximum atomic E-state index is 12.5. The second kappa shape index (κ2) is 4.27. The van der Waals surface area contributed by atoms with Crippen molar-refractivity contribution in [3.05, 3.63) is 18.7 Å². The highest BCUT2D eigenvalue weighted by Crippen LogP contribution is 2.37. The minimum Gasteiger partial charge on any atom is -0.309 e. The summed E-state index contributed by atoms with van der Waals surface area (Å²) < 4.78 is 0. The van der Waals surface area contributed by atoms with E-state index in [0.29, 0.717) is 5.92 Å². The second-order valence-electron chi connectivity index (χ2n) is 6.07. The van der Waals surface area contributed by atoms with Crippen LogP contribution in [0, 0.1) is 17.8 Å². The highest BCUT2D eigenvalue weighted by atomic mass is 16.2. The molecule has 100 valence electrons. The smallest absolute Gasteiger partial charge is 0.231 e. The van der Waals surface area contributed by atoms with Gasteiger partial charge in [0.15, 0.2) is 0 Å². The summed E-state index contributed by atoms with van der Waals surface area (Å²) in [4.78, 5) is 24.8. The van der Waals surface area contributed by atoms with E-state index in [2.05, 4.69) is 14.9 Å². The lowest BCUT2D eigenvalue weighted by atomic mass is 10.0. The molecular weight excluding hydrogens is 240 g/mol. The number of hydrogen-bond acceptors (Lipinski definition) is 4. The van der Waals surface area contributed by atoms with Crippen LogP contribution in [0.2, 0.25) is 0 Å². The first-order valence-electron chi connectivity index (χ1n) is 7.10. The summed E-state index contributed by atoms with van der Waals surface area (Å²) in [6, 6.07) is 0. The van der Waals surface area contributed by atoms with Crippen LogP contribution in [0.1, 0.15) is 12.8 Å². The van der Waals surface area contributed by atoms with E-state index in [4.69, 9.17) is 0 Å². The Bertz CT molecular complexity index is 487. The predicted molar refractivity (Wildman–Crippen MR) is 70.5 cm³/mol. The summed E-state index contributed by atoms with van der Waals surface area (Å²) in [7, 11) is 0. The molecule has 1 aliphatic carbocycles. The Kier molecular flexibility index (Phi) is 2.55. The van der Waals surface area contributed by atoms with E-state index in [1.807, 2.05) is 4.90 Å². The van der Waals surface area contributed by atoms with Crippen LogP contribution in [0.15, 0.2) is 18.7 Å². The molecule has 0 bridgehead atoms. The zero-order valence-corrected chi connectivity index (χ0v) is 10.9. The summed E-state index contributed by atoms with van der Waals surface area (Å²) in [6.07, 6.45) is 7.73. The van der Waals surface area contributed by atoms with Crippen molar-refractivity contribution in [3.8, 4) is 0 Å². The third-order valence-corrected chi connectivity index (χ3v) is 4.59. The molecule has 1 aromatic rings. The van der Waals surface area contributed by atoms with Gasteiger partial charge in [-0.2, -0.15) is 0 Å². The monoisotopic (exact) mass is 258 g/mol. The Morgan fingerprint density at radius 2 is 1.95 bits per heavy atom. The zero-order chi connectivity index (χ0) is 12.8. The molecule has 0 N–H and O–H groups in total. The number of aromatic nitrogens is 2. The molecule has 2 atom stereocenters. The Morgan fingerprint density at radius 1 is 1.16 bits per heavy atom. The first kappa shape index (κ1) is 11.3. The van der Waals surface area contributed by atoms with Gasteiger partial charge in [-0.15, -0.1) is 0 Å². The number of carbonyl (C=O) groups is 1. The van der Waals surface area contributed by atoms with Gasteiger partial charge in [0.05, 0.1) is 24.0 Å². The lowest BCUT2D eigenvalue weighted by molar-refractivity contribution is -0.120. The molecule has 19 heavy (non-hydrogen) atoms. The van der Waals surface area contributed by atoms with E-state index in [-0.39, 0.29) is 11.8 Å². The Labute approximate surface area is 112 Å². The molecule has 0 spiro atoms. The fraction of sp³-hybridized carbons (Fsp3) is 0.643. The number of hydrogen-bond donors (Lipinski definition) is 0. The maximum Gasteiger partial charge on any atom is 0.231 e. The standard InChI is InChI=1S/C14H18N4O/c19-14-13-8-17(5-10-1-2-10)6-11(13)7-18(14)12-3-15-9-16-4-12/h3-4,9-11,13H,1-2,5-8H2/t11-,13-/m0/s1. The highest BCUT2D eigenvalue weighted by molar-refractivity contribution is 5.97. The van der Waals surface area contributed by atoms with Gasteiger partial charge in [0.1, 0.15) is 6.33 Å². The molecule has 3 heterocycles. The topological polar surface area (TPSA) is 49.3 Å². The van der Waals surface area contributed by atoms with Crippen LogP contribution in [-0.4, -0.2) is 47.0 Å². The van der Waals surface area contributed by atoms with Crippen LogP contribution < -0.4 is 4.90 Å². The molecular formula is C14H18N4O. The molecule has 2 aliphatic heterocycles. The van der Waals surface area contributed by atoms with E-state index in [1.54, 1.807) is 12.4 Å². The SMILES string of the molecule is O=C1[C@H]2CN(CC3CC3)C[C@H]2CN1c1cncnc1. The molecule has 5 heteroatoms. The summed E-state index contributed by atoms with van der Waals surface area (Å²) in [6.45, 7) is 4.06. The largest absolute Gasteiger partial charge is 0.309 e. The first-order chi connectivity index (χ1) is 9.31. The van der Waals surface area contributed by atoms with Crippen molar-refractivity contribution in [2.24, 2.45) is 17.8 Å². The summed E-state index contributed by atoms with van der Waals surface area (Å²) >= 11 is 0. The predicted octanol–water partition coefficient (Wildman–Crippen LogP) is 0.781. The summed E-state index contributed by atoms with van der Waals surface area (Å²) in [5.74, 6) is 1.86. The summed E-state index contributed by atoms with van der Waals surface area (Å²) in [5, 5.41) is 0. The average Bonchev–Trinajstić information content (AvgIpc) is 3.07. The fourth-order valence-electron chi connectivity index (χ4n) is 3.43. The van der Waals surface area contributed by atoms with E-state index in [9.17, 15) is 4.79 Å². The molecule has 2 saturated heterocycles. The van der Waals surface area contributed by atoms with Crippen LogP contribution in [0.25, 0.3) is 0 Å². The van der Waals surface area contributed by atoms with Gasteiger partial charge < -0.3 is 9.80 Å². The van der Waals surface area contributed by atoms with Gasteiger partial charge in [0.2, 0.25) is 5.91 Å². The van der Waals surface area contributed by atoms with E-state index < -0.39 is 0 Å². The number of fused-ring (bicyclic) bond motifs is 1. The quantitative estimate of drug-likeness (QED) is 0.804. The van der Waals surface area contributed by atoms with Gasteiger partial charge >= 0.3 is 0 Å². The van der Waals surface area contributed by atoms with Crippen LogP contribution in [-0.2, 0) is 4.79 Å². The molecule has 1 saturated carbocycles. The van der Waals surface area contributed by atoms with Crippen LogP contribution in [0.4, 0.5) is 5.69 Å². The third kappa shape index (κ3) is 2.02. The molecule has 0 radical (unpaired) electrons.